The van der Waals surface area contributed by atoms with Gasteiger partial charge in [-0.1, -0.05) is 12.1 Å². The highest BCUT2D eigenvalue weighted by molar-refractivity contribution is 6.05. The Hall–Kier alpha value is -2.30. The lowest BCUT2D eigenvalue weighted by atomic mass is 10.2. The van der Waals surface area contributed by atoms with Crippen molar-refractivity contribution in [3.63, 3.8) is 0 Å². The number of carbonyl (C=O) groups excluding carboxylic acids is 1. The summed E-state index contributed by atoms with van der Waals surface area (Å²) in [5.74, 6) is 1.02. The maximum atomic E-state index is 12.2. The number of benzene rings is 1. The number of methoxy groups -OCH3 is 1. The molecule has 0 radical (unpaired) electrons. The minimum Gasteiger partial charge on any atom is -0.496 e. The second-order valence-electron chi connectivity index (χ2n) is 4.41. The molecule has 1 aromatic carbocycles. The van der Waals surface area contributed by atoms with E-state index in [1.54, 1.807) is 42.3 Å². The van der Waals surface area contributed by atoms with Crippen LogP contribution in [0.5, 0.6) is 5.75 Å². The number of ether oxygens (including phenoxy) is 1. The average Bonchev–Trinajstić information content (AvgIpc) is 2.87. The quantitative estimate of drug-likeness (QED) is 0.918. The minimum atomic E-state index is -0.208. The Balaban J connectivity index is 2.23. The standard InChI is InChI=1S/C14H17N3O2/c1-10(2)17-13(8-9-15-17)16-14(18)11-6-4-5-7-12(11)19-3/h4-10H,1-3H3,(H,16,18). The molecule has 1 amide bonds. The molecule has 0 saturated carbocycles. The number of nitrogens with zero attached hydrogens (tertiary/aromatic N) is 2. The van der Waals surface area contributed by atoms with Crippen LogP contribution in [0.4, 0.5) is 5.82 Å². The van der Waals surface area contributed by atoms with E-state index in [2.05, 4.69) is 10.4 Å². The number of aromatic nitrogens is 2. The smallest absolute Gasteiger partial charge is 0.260 e. The van der Waals surface area contributed by atoms with Crippen LogP contribution in [0.2, 0.25) is 0 Å². The van der Waals surface area contributed by atoms with Crippen molar-refractivity contribution >= 4 is 11.7 Å². The Morgan fingerprint density at radius 2 is 2.05 bits per heavy atom. The molecule has 0 spiro atoms. The van der Waals surface area contributed by atoms with Gasteiger partial charge in [0.2, 0.25) is 0 Å². The molecule has 0 aliphatic rings. The van der Waals surface area contributed by atoms with Crippen LogP contribution in [-0.4, -0.2) is 22.8 Å². The fourth-order valence-corrected chi connectivity index (χ4v) is 1.84. The molecule has 0 saturated heterocycles. The number of amides is 1. The minimum absolute atomic E-state index is 0.183. The zero-order valence-corrected chi connectivity index (χ0v) is 11.3. The normalized spacial score (nSPS) is 10.5. The summed E-state index contributed by atoms with van der Waals surface area (Å²) < 4.78 is 6.94. The lowest BCUT2D eigenvalue weighted by molar-refractivity contribution is 0.102. The van der Waals surface area contributed by atoms with E-state index in [-0.39, 0.29) is 11.9 Å². The summed E-state index contributed by atoms with van der Waals surface area (Å²) in [6.45, 7) is 4.01. The molecular formula is C14H17N3O2. The molecule has 2 rings (SSSR count). The highest BCUT2D eigenvalue weighted by Gasteiger charge is 2.14. The third-order valence-corrected chi connectivity index (χ3v) is 2.75. The number of hydrogen-bond donors (Lipinski definition) is 1. The first-order valence-electron chi connectivity index (χ1n) is 6.11. The molecule has 2 aromatic rings. The number of anilines is 1. The van der Waals surface area contributed by atoms with Crippen LogP contribution in [0.3, 0.4) is 0 Å². The molecule has 0 atom stereocenters. The SMILES string of the molecule is COc1ccccc1C(=O)Nc1ccnn1C(C)C. The molecule has 0 bridgehead atoms. The average molecular weight is 259 g/mol. The Bertz CT molecular complexity index is 576. The van der Waals surface area contributed by atoms with Gasteiger partial charge in [0.05, 0.1) is 18.9 Å². The molecule has 1 N–H and O–H groups in total. The van der Waals surface area contributed by atoms with Gasteiger partial charge < -0.3 is 10.1 Å². The molecule has 1 heterocycles. The Labute approximate surface area is 112 Å². The van der Waals surface area contributed by atoms with Gasteiger partial charge in [0.1, 0.15) is 11.6 Å². The van der Waals surface area contributed by atoms with Crippen molar-refractivity contribution in [3.8, 4) is 5.75 Å². The summed E-state index contributed by atoms with van der Waals surface area (Å²) in [5.41, 5.74) is 0.501. The first kappa shape index (κ1) is 13.1. The number of nitrogens with one attached hydrogen (secondary N) is 1. The van der Waals surface area contributed by atoms with Crippen LogP contribution >= 0.6 is 0 Å². The number of hydrogen-bond acceptors (Lipinski definition) is 3. The number of rotatable bonds is 4. The summed E-state index contributed by atoms with van der Waals surface area (Å²) in [6, 6.07) is 9.07. The van der Waals surface area contributed by atoms with Gasteiger partial charge in [0.15, 0.2) is 0 Å². The van der Waals surface area contributed by atoms with Crippen LogP contribution in [0.15, 0.2) is 36.5 Å². The van der Waals surface area contributed by atoms with Crippen LogP contribution in [0, 0.1) is 0 Å². The fourth-order valence-electron chi connectivity index (χ4n) is 1.84. The van der Waals surface area contributed by atoms with Crippen molar-refractivity contribution in [3.05, 3.63) is 42.1 Å². The van der Waals surface area contributed by atoms with E-state index in [9.17, 15) is 4.79 Å². The van der Waals surface area contributed by atoms with Gasteiger partial charge in [-0.05, 0) is 26.0 Å². The predicted octanol–water partition coefficient (Wildman–Crippen LogP) is 2.72. The number of carbonyl (C=O) groups is 1. The monoisotopic (exact) mass is 259 g/mol. The molecule has 0 aliphatic heterocycles. The molecule has 5 heteroatoms. The van der Waals surface area contributed by atoms with Crippen molar-refractivity contribution < 1.29 is 9.53 Å². The van der Waals surface area contributed by atoms with Gasteiger partial charge >= 0.3 is 0 Å². The largest absolute Gasteiger partial charge is 0.496 e. The van der Waals surface area contributed by atoms with Gasteiger partial charge in [0.25, 0.3) is 5.91 Å². The third-order valence-electron chi connectivity index (χ3n) is 2.75. The lowest BCUT2D eigenvalue weighted by Crippen LogP contribution is -2.17. The van der Waals surface area contributed by atoms with E-state index >= 15 is 0 Å². The molecule has 1 aromatic heterocycles. The first-order valence-corrected chi connectivity index (χ1v) is 6.11. The molecule has 0 unspecified atom stereocenters. The topological polar surface area (TPSA) is 56.1 Å². The summed E-state index contributed by atoms with van der Waals surface area (Å²) >= 11 is 0. The van der Waals surface area contributed by atoms with E-state index in [0.717, 1.165) is 0 Å². The van der Waals surface area contributed by atoms with Gasteiger partial charge in [-0.25, -0.2) is 4.68 Å². The zero-order valence-electron chi connectivity index (χ0n) is 11.3. The predicted molar refractivity (Wildman–Crippen MR) is 73.6 cm³/mol. The fraction of sp³-hybridized carbons (Fsp3) is 0.286. The van der Waals surface area contributed by atoms with Gasteiger partial charge in [-0.3, -0.25) is 4.79 Å². The summed E-state index contributed by atoms with van der Waals surface area (Å²) in [5, 5.41) is 7.02. The third kappa shape index (κ3) is 2.76. The van der Waals surface area contributed by atoms with Crippen molar-refractivity contribution in [2.75, 3.05) is 12.4 Å². The van der Waals surface area contributed by atoms with Crippen molar-refractivity contribution in [1.82, 2.24) is 9.78 Å². The molecule has 5 nitrogen and oxygen atoms in total. The Kier molecular flexibility index (Phi) is 3.85. The maximum Gasteiger partial charge on any atom is 0.260 e. The second kappa shape index (κ2) is 5.56. The van der Waals surface area contributed by atoms with Crippen LogP contribution in [0.1, 0.15) is 30.2 Å². The van der Waals surface area contributed by atoms with Gasteiger partial charge in [0, 0.05) is 12.1 Å². The van der Waals surface area contributed by atoms with E-state index in [4.69, 9.17) is 4.74 Å². The summed E-state index contributed by atoms with van der Waals surface area (Å²) in [7, 11) is 1.55. The van der Waals surface area contributed by atoms with Crippen LogP contribution in [0.25, 0.3) is 0 Å². The number of para-hydroxylation sites is 1. The second-order valence-corrected chi connectivity index (χ2v) is 4.41. The van der Waals surface area contributed by atoms with Gasteiger partial charge in [-0.15, -0.1) is 0 Å². The summed E-state index contributed by atoms with van der Waals surface area (Å²) in [4.78, 5) is 12.2. The van der Waals surface area contributed by atoms with E-state index < -0.39 is 0 Å². The molecular weight excluding hydrogens is 242 g/mol. The zero-order chi connectivity index (χ0) is 13.8. The van der Waals surface area contributed by atoms with E-state index in [1.807, 2.05) is 19.9 Å². The molecule has 100 valence electrons. The van der Waals surface area contributed by atoms with Crippen LogP contribution < -0.4 is 10.1 Å². The van der Waals surface area contributed by atoms with Crippen molar-refractivity contribution in [2.24, 2.45) is 0 Å². The van der Waals surface area contributed by atoms with Gasteiger partial charge in [-0.2, -0.15) is 5.10 Å². The van der Waals surface area contributed by atoms with E-state index in [0.29, 0.717) is 17.1 Å². The Morgan fingerprint density at radius 3 is 2.74 bits per heavy atom. The molecule has 0 fully saturated rings. The lowest BCUT2D eigenvalue weighted by Gasteiger charge is -2.13. The highest BCUT2D eigenvalue weighted by Crippen LogP contribution is 2.20. The van der Waals surface area contributed by atoms with Crippen LogP contribution in [-0.2, 0) is 0 Å². The van der Waals surface area contributed by atoms with Crippen molar-refractivity contribution in [2.45, 2.75) is 19.9 Å². The van der Waals surface area contributed by atoms with Crippen molar-refractivity contribution in [1.29, 1.82) is 0 Å². The Morgan fingerprint density at radius 1 is 1.32 bits per heavy atom. The first-order chi connectivity index (χ1) is 9.13. The maximum absolute atomic E-state index is 12.2. The molecule has 19 heavy (non-hydrogen) atoms. The summed E-state index contributed by atoms with van der Waals surface area (Å²) in [6.07, 6.45) is 1.66. The van der Waals surface area contributed by atoms with E-state index in [1.165, 1.54) is 0 Å². The highest BCUT2D eigenvalue weighted by atomic mass is 16.5. The molecule has 0 aliphatic carbocycles.